The molecule has 2 atom stereocenters. The lowest BCUT2D eigenvalue weighted by atomic mass is 9.83. The summed E-state index contributed by atoms with van der Waals surface area (Å²) in [6, 6.07) is 13.3. The summed E-state index contributed by atoms with van der Waals surface area (Å²) in [5.74, 6) is -0.0898. The zero-order chi connectivity index (χ0) is 20.1. The first kappa shape index (κ1) is 18.6. The molecule has 4 rings (SSSR count). The zero-order valence-electron chi connectivity index (χ0n) is 16.7. The van der Waals surface area contributed by atoms with Crippen LogP contribution in [0.4, 0.5) is 0 Å². The molecule has 2 heterocycles. The summed E-state index contributed by atoms with van der Waals surface area (Å²) < 4.78 is 5.65. The normalized spacial score (nSPS) is 19.4. The van der Waals surface area contributed by atoms with E-state index >= 15 is 0 Å². The number of carboxylic acid groups (broad SMARTS) is 1. The maximum absolute atomic E-state index is 11.9. The van der Waals surface area contributed by atoms with E-state index in [1.807, 2.05) is 24.3 Å². The number of aromatic amines is 1. The smallest absolute Gasteiger partial charge is 0.321 e. The molecule has 3 aromatic rings. The molecule has 0 aliphatic carbocycles. The number of H-pyrrole nitrogens is 1. The molecule has 0 bridgehead atoms. The van der Waals surface area contributed by atoms with Crippen LogP contribution >= 0.6 is 0 Å². The van der Waals surface area contributed by atoms with E-state index in [0.29, 0.717) is 6.42 Å². The van der Waals surface area contributed by atoms with Crippen molar-refractivity contribution in [3.05, 3.63) is 64.8 Å². The fraction of sp³-hybridized carbons (Fsp3) is 0.348. The average molecular weight is 378 g/mol. The largest absolute Gasteiger partial charge is 0.496 e. The Balaban J connectivity index is 1.93. The SMILES string of the molecule is COc1ccc(C(C)(C)C)cc1C1NC(C(=O)O)Cc2c1[nH]c1ccccc21. The Morgan fingerprint density at radius 2 is 1.93 bits per heavy atom. The average Bonchev–Trinajstić information content (AvgIpc) is 3.04. The van der Waals surface area contributed by atoms with Gasteiger partial charge in [-0.3, -0.25) is 10.1 Å². The molecule has 5 nitrogen and oxygen atoms in total. The number of benzene rings is 2. The van der Waals surface area contributed by atoms with E-state index < -0.39 is 12.0 Å². The second-order valence-corrected chi connectivity index (χ2v) is 8.46. The first-order chi connectivity index (χ1) is 13.3. The minimum Gasteiger partial charge on any atom is -0.496 e. The Hall–Kier alpha value is -2.79. The molecule has 146 valence electrons. The number of aromatic nitrogens is 1. The first-order valence-electron chi connectivity index (χ1n) is 9.56. The van der Waals surface area contributed by atoms with Crippen LogP contribution in [0.5, 0.6) is 5.75 Å². The summed E-state index contributed by atoms with van der Waals surface area (Å²) in [5, 5.41) is 14.2. The quantitative estimate of drug-likeness (QED) is 0.640. The highest BCUT2D eigenvalue weighted by Crippen LogP contribution is 2.40. The fourth-order valence-electron chi connectivity index (χ4n) is 4.07. The number of carbonyl (C=O) groups is 1. The maximum atomic E-state index is 11.9. The Morgan fingerprint density at radius 3 is 2.61 bits per heavy atom. The van der Waals surface area contributed by atoms with E-state index in [-0.39, 0.29) is 11.5 Å². The summed E-state index contributed by atoms with van der Waals surface area (Å²) in [6.07, 6.45) is 0.451. The topological polar surface area (TPSA) is 74.3 Å². The molecule has 0 amide bonds. The van der Waals surface area contributed by atoms with Gasteiger partial charge in [0.05, 0.1) is 13.2 Å². The Morgan fingerprint density at radius 1 is 1.18 bits per heavy atom. The van der Waals surface area contributed by atoms with E-state index in [0.717, 1.165) is 33.5 Å². The summed E-state index contributed by atoms with van der Waals surface area (Å²) in [4.78, 5) is 15.4. The van der Waals surface area contributed by atoms with Crippen molar-refractivity contribution in [2.24, 2.45) is 0 Å². The summed E-state index contributed by atoms with van der Waals surface area (Å²) >= 11 is 0. The van der Waals surface area contributed by atoms with Crippen LogP contribution in [0, 0.1) is 0 Å². The van der Waals surface area contributed by atoms with Crippen LogP contribution in [0.3, 0.4) is 0 Å². The van der Waals surface area contributed by atoms with Crippen LogP contribution in [-0.2, 0) is 16.6 Å². The van der Waals surface area contributed by atoms with Crippen molar-refractivity contribution >= 4 is 16.9 Å². The number of aliphatic carboxylic acids is 1. The van der Waals surface area contributed by atoms with Gasteiger partial charge in [0, 0.05) is 28.6 Å². The van der Waals surface area contributed by atoms with Crippen molar-refractivity contribution in [3.63, 3.8) is 0 Å². The summed E-state index contributed by atoms with van der Waals surface area (Å²) in [5.41, 5.74) is 5.22. The Kier molecular flexibility index (Phi) is 4.42. The fourth-order valence-corrected chi connectivity index (χ4v) is 4.07. The van der Waals surface area contributed by atoms with Crippen molar-refractivity contribution in [3.8, 4) is 5.75 Å². The lowest BCUT2D eigenvalue weighted by Gasteiger charge is -2.31. The van der Waals surface area contributed by atoms with Crippen LogP contribution in [0.25, 0.3) is 10.9 Å². The highest BCUT2D eigenvalue weighted by atomic mass is 16.5. The highest BCUT2D eigenvalue weighted by molar-refractivity contribution is 5.87. The molecule has 5 heteroatoms. The Labute approximate surface area is 164 Å². The number of hydrogen-bond acceptors (Lipinski definition) is 3. The van der Waals surface area contributed by atoms with Crippen LogP contribution in [-0.4, -0.2) is 29.2 Å². The molecule has 1 aliphatic heterocycles. The Bertz CT molecular complexity index is 1050. The number of para-hydroxylation sites is 1. The van der Waals surface area contributed by atoms with Gasteiger partial charge in [-0.1, -0.05) is 45.0 Å². The van der Waals surface area contributed by atoms with Gasteiger partial charge >= 0.3 is 5.97 Å². The number of carboxylic acids is 1. The monoisotopic (exact) mass is 378 g/mol. The number of hydrogen-bond donors (Lipinski definition) is 3. The van der Waals surface area contributed by atoms with Crippen LogP contribution < -0.4 is 10.1 Å². The van der Waals surface area contributed by atoms with Crippen LogP contribution in [0.1, 0.15) is 49.2 Å². The lowest BCUT2D eigenvalue weighted by Crippen LogP contribution is -2.45. The molecule has 3 N–H and O–H groups in total. The number of methoxy groups -OCH3 is 1. The number of fused-ring (bicyclic) bond motifs is 3. The van der Waals surface area contributed by atoms with Crippen molar-refractivity contribution in [2.45, 2.75) is 44.7 Å². The van der Waals surface area contributed by atoms with E-state index in [9.17, 15) is 9.90 Å². The van der Waals surface area contributed by atoms with Crippen molar-refractivity contribution < 1.29 is 14.6 Å². The third-order valence-corrected chi connectivity index (χ3v) is 5.62. The van der Waals surface area contributed by atoms with Crippen molar-refractivity contribution in [2.75, 3.05) is 7.11 Å². The molecule has 0 saturated heterocycles. The standard InChI is InChI=1S/C23H26N2O3/c1-23(2,3)13-9-10-19(28-4)16(11-13)21-20-15(12-18(25-21)22(26)27)14-7-5-6-8-17(14)24-20/h5-11,18,21,24-25H,12H2,1-4H3,(H,26,27). The molecule has 0 fully saturated rings. The minimum absolute atomic E-state index is 0.0227. The number of rotatable bonds is 3. The van der Waals surface area contributed by atoms with Gasteiger partial charge in [0.25, 0.3) is 0 Å². The molecule has 0 saturated carbocycles. The predicted molar refractivity (Wildman–Crippen MR) is 110 cm³/mol. The highest BCUT2D eigenvalue weighted by Gasteiger charge is 2.35. The van der Waals surface area contributed by atoms with Gasteiger partial charge in [-0.15, -0.1) is 0 Å². The van der Waals surface area contributed by atoms with E-state index in [2.05, 4.69) is 49.3 Å². The summed E-state index contributed by atoms with van der Waals surface area (Å²) in [6.45, 7) is 6.50. The molecule has 0 spiro atoms. The van der Waals surface area contributed by atoms with E-state index in [4.69, 9.17) is 4.74 Å². The van der Waals surface area contributed by atoms with E-state index in [1.165, 1.54) is 5.56 Å². The second-order valence-electron chi connectivity index (χ2n) is 8.46. The number of ether oxygens (including phenoxy) is 1. The molecule has 2 unspecified atom stereocenters. The minimum atomic E-state index is -0.841. The maximum Gasteiger partial charge on any atom is 0.321 e. The van der Waals surface area contributed by atoms with Gasteiger partial charge in [0.1, 0.15) is 11.8 Å². The molecule has 1 aromatic heterocycles. The third-order valence-electron chi connectivity index (χ3n) is 5.62. The second kappa shape index (κ2) is 6.67. The van der Waals surface area contributed by atoms with E-state index in [1.54, 1.807) is 7.11 Å². The molecular formula is C23H26N2O3. The molecule has 28 heavy (non-hydrogen) atoms. The predicted octanol–water partition coefficient (Wildman–Crippen LogP) is 4.16. The molecular weight excluding hydrogens is 352 g/mol. The third kappa shape index (κ3) is 3.06. The van der Waals surface area contributed by atoms with Gasteiger partial charge in [-0.05, 0) is 34.7 Å². The molecule has 1 aliphatic rings. The summed E-state index contributed by atoms with van der Waals surface area (Å²) in [7, 11) is 1.65. The lowest BCUT2D eigenvalue weighted by molar-refractivity contribution is -0.139. The van der Waals surface area contributed by atoms with Crippen LogP contribution in [0.2, 0.25) is 0 Å². The zero-order valence-corrected chi connectivity index (χ0v) is 16.7. The molecule has 2 aromatic carbocycles. The first-order valence-corrected chi connectivity index (χ1v) is 9.56. The van der Waals surface area contributed by atoms with Crippen molar-refractivity contribution in [1.82, 2.24) is 10.3 Å². The number of nitrogens with one attached hydrogen (secondary N) is 2. The van der Waals surface area contributed by atoms with Gasteiger partial charge in [-0.25, -0.2) is 0 Å². The van der Waals surface area contributed by atoms with Gasteiger partial charge in [0.2, 0.25) is 0 Å². The van der Waals surface area contributed by atoms with Crippen molar-refractivity contribution in [1.29, 1.82) is 0 Å². The van der Waals surface area contributed by atoms with Crippen LogP contribution in [0.15, 0.2) is 42.5 Å². The molecule has 0 radical (unpaired) electrons. The van der Waals surface area contributed by atoms with Gasteiger partial charge in [-0.2, -0.15) is 0 Å². The van der Waals surface area contributed by atoms with Gasteiger partial charge < -0.3 is 14.8 Å². The van der Waals surface area contributed by atoms with Gasteiger partial charge in [0.15, 0.2) is 0 Å².